The average molecular weight is 716 g/mol. The Balaban J connectivity index is 1.36. The third kappa shape index (κ3) is 7.67. The van der Waals surface area contributed by atoms with Crippen LogP contribution in [0.25, 0.3) is 17.2 Å². The molecule has 0 radical (unpaired) electrons. The standard InChI is InChI=1S/C34H37ClF3N7O5/c1-5-26-28(42-14-16-43(17-15-42)32(48)50-33(2,3)4)30(47)45-31(40-29(41-45)20-6-9-22(10-7-20)49-23-11-12-23)44(26)19-27(46)39-25-13-8-21(18-24(25)35)34(36,37)38/h6-10,13,18,23H,5,11-12,14-17,19H2,1-4H3,(H,39,46). The summed E-state index contributed by atoms with van der Waals surface area (Å²) >= 11 is 6.12. The molecule has 50 heavy (non-hydrogen) atoms. The van der Waals surface area contributed by atoms with Gasteiger partial charge in [0.2, 0.25) is 11.7 Å². The van der Waals surface area contributed by atoms with Gasteiger partial charge in [0, 0.05) is 31.7 Å². The summed E-state index contributed by atoms with van der Waals surface area (Å²) in [5.74, 6) is 0.442. The second kappa shape index (κ2) is 13.5. The van der Waals surface area contributed by atoms with Gasteiger partial charge in [-0.1, -0.05) is 18.5 Å². The third-order valence-corrected chi connectivity index (χ3v) is 8.53. The molecule has 2 aromatic heterocycles. The summed E-state index contributed by atoms with van der Waals surface area (Å²) in [4.78, 5) is 48.5. The summed E-state index contributed by atoms with van der Waals surface area (Å²) < 4.78 is 53.7. The lowest BCUT2D eigenvalue weighted by Gasteiger charge is -2.37. The molecule has 4 aromatic rings. The number of nitrogens with one attached hydrogen (secondary N) is 1. The van der Waals surface area contributed by atoms with E-state index >= 15 is 0 Å². The van der Waals surface area contributed by atoms with Crippen molar-refractivity contribution in [3.05, 3.63) is 69.1 Å². The first-order chi connectivity index (χ1) is 23.6. The summed E-state index contributed by atoms with van der Waals surface area (Å²) in [6.07, 6.45) is -2.49. The smallest absolute Gasteiger partial charge is 0.416 e. The molecule has 1 saturated carbocycles. The van der Waals surface area contributed by atoms with Crippen LogP contribution in [0.5, 0.6) is 5.75 Å². The number of aromatic nitrogens is 4. The SMILES string of the molecule is CCc1c(N2CCN(C(=O)OC(C)(C)C)CC2)c(=O)n2nc(-c3ccc(OC4CC4)cc3)nc2n1CC(=O)Nc1ccc(C(F)(F)F)cc1Cl. The second-order valence-electron chi connectivity index (χ2n) is 13.2. The van der Waals surface area contributed by atoms with Gasteiger partial charge < -0.3 is 29.2 Å². The lowest BCUT2D eigenvalue weighted by molar-refractivity contribution is -0.137. The Kier molecular flexibility index (Phi) is 9.46. The van der Waals surface area contributed by atoms with Crippen LogP contribution in [0.1, 0.15) is 51.8 Å². The zero-order chi connectivity index (χ0) is 36.0. The van der Waals surface area contributed by atoms with Crippen molar-refractivity contribution in [3.8, 4) is 17.1 Å². The number of halogens is 4. The van der Waals surface area contributed by atoms with Gasteiger partial charge in [-0.3, -0.25) is 9.59 Å². The Bertz CT molecular complexity index is 1980. The van der Waals surface area contributed by atoms with Crippen molar-refractivity contribution in [2.45, 2.75) is 71.4 Å². The van der Waals surface area contributed by atoms with E-state index < -0.39 is 34.9 Å². The molecule has 1 saturated heterocycles. The van der Waals surface area contributed by atoms with Gasteiger partial charge in [-0.15, -0.1) is 5.10 Å². The summed E-state index contributed by atoms with van der Waals surface area (Å²) in [5.41, 5.74) is -0.651. The molecule has 2 amide bonds. The Morgan fingerprint density at radius 1 is 1.02 bits per heavy atom. The van der Waals surface area contributed by atoms with E-state index in [1.807, 2.05) is 11.8 Å². The zero-order valence-electron chi connectivity index (χ0n) is 28.0. The average Bonchev–Trinajstić information content (AvgIpc) is 3.75. The molecule has 0 atom stereocenters. The monoisotopic (exact) mass is 715 g/mol. The first-order valence-electron chi connectivity index (χ1n) is 16.3. The summed E-state index contributed by atoms with van der Waals surface area (Å²) in [5, 5.41) is 6.87. The number of rotatable bonds is 8. The molecular weight excluding hydrogens is 679 g/mol. The maximum absolute atomic E-state index is 14.2. The highest BCUT2D eigenvalue weighted by Gasteiger charge is 2.32. The normalized spacial score (nSPS) is 15.4. The van der Waals surface area contributed by atoms with E-state index in [0.717, 1.165) is 35.6 Å². The van der Waals surface area contributed by atoms with Gasteiger partial charge in [0.1, 0.15) is 23.6 Å². The number of piperazine rings is 1. The number of hydrogen-bond acceptors (Lipinski definition) is 8. The minimum absolute atomic E-state index is 0.00562. The van der Waals surface area contributed by atoms with Gasteiger partial charge in [0.25, 0.3) is 5.56 Å². The minimum atomic E-state index is -4.60. The van der Waals surface area contributed by atoms with Gasteiger partial charge >= 0.3 is 12.3 Å². The minimum Gasteiger partial charge on any atom is -0.490 e. The molecule has 2 fully saturated rings. The quantitative estimate of drug-likeness (QED) is 0.235. The molecule has 16 heteroatoms. The molecule has 0 spiro atoms. The van der Waals surface area contributed by atoms with Crippen molar-refractivity contribution < 1.29 is 32.2 Å². The molecule has 1 aliphatic heterocycles. The van der Waals surface area contributed by atoms with Crippen LogP contribution in [0.2, 0.25) is 5.02 Å². The number of ether oxygens (including phenoxy) is 2. The fourth-order valence-electron chi connectivity index (χ4n) is 5.68. The molecule has 0 unspecified atom stereocenters. The van der Waals surface area contributed by atoms with Crippen molar-refractivity contribution in [2.24, 2.45) is 0 Å². The number of amides is 2. The predicted molar refractivity (Wildman–Crippen MR) is 181 cm³/mol. The number of carbonyl (C=O) groups excluding carboxylic acids is 2. The van der Waals surface area contributed by atoms with Crippen LogP contribution < -0.4 is 20.5 Å². The van der Waals surface area contributed by atoms with Crippen LogP contribution in [-0.4, -0.2) is 73.9 Å². The Hall–Kier alpha value is -4.79. The highest BCUT2D eigenvalue weighted by Crippen LogP contribution is 2.34. The number of anilines is 2. The third-order valence-electron chi connectivity index (χ3n) is 8.22. The largest absolute Gasteiger partial charge is 0.490 e. The topological polar surface area (TPSA) is 123 Å². The highest BCUT2D eigenvalue weighted by atomic mass is 35.5. The van der Waals surface area contributed by atoms with Gasteiger partial charge in [-0.25, -0.2) is 4.79 Å². The molecule has 12 nitrogen and oxygen atoms in total. The van der Waals surface area contributed by atoms with Crippen molar-refractivity contribution >= 4 is 40.8 Å². The number of benzene rings is 2. The molecule has 1 N–H and O–H groups in total. The maximum atomic E-state index is 14.2. The molecule has 266 valence electrons. The van der Waals surface area contributed by atoms with Crippen molar-refractivity contribution in [3.63, 3.8) is 0 Å². The van der Waals surface area contributed by atoms with E-state index in [-0.39, 0.29) is 35.0 Å². The predicted octanol–water partition coefficient (Wildman–Crippen LogP) is 6.03. The second-order valence-corrected chi connectivity index (χ2v) is 13.6. The molecular formula is C34H37ClF3N7O5. The fourth-order valence-corrected chi connectivity index (χ4v) is 5.91. The van der Waals surface area contributed by atoms with E-state index in [1.54, 1.807) is 54.5 Å². The van der Waals surface area contributed by atoms with Crippen LogP contribution in [0.3, 0.4) is 0 Å². The summed E-state index contributed by atoms with van der Waals surface area (Å²) in [6.45, 7) is 8.05. The first-order valence-corrected chi connectivity index (χ1v) is 16.7. The summed E-state index contributed by atoms with van der Waals surface area (Å²) in [7, 11) is 0. The number of nitrogens with zero attached hydrogens (tertiary/aromatic N) is 6. The van der Waals surface area contributed by atoms with E-state index in [0.29, 0.717) is 55.3 Å². The maximum Gasteiger partial charge on any atom is 0.416 e. The molecule has 2 aliphatic rings. The Labute approximate surface area is 290 Å². The molecule has 6 rings (SSSR count). The van der Waals surface area contributed by atoms with E-state index in [2.05, 4.69) is 15.4 Å². The molecule has 3 heterocycles. The van der Waals surface area contributed by atoms with E-state index in [4.69, 9.17) is 21.1 Å². The van der Waals surface area contributed by atoms with E-state index in [9.17, 15) is 27.6 Å². The first kappa shape index (κ1) is 35.1. The van der Waals surface area contributed by atoms with Crippen molar-refractivity contribution in [2.75, 3.05) is 36.4 Å². The molecule has 0 bridgehead atoms. The Morgan fingerprint density at radius 3 is 2.28 bits per heavy atom. The lowest BCUT2D eigenvalue weighted by Crippen LogP contribution is -2.51. The van der Waals surface area contributed by atoms with Gasteiger partial charge in [0.15, 0.2) is 5.82 Å². The number of hydrogen-bond donors (Lipinski definition) is 1. The number of alkyl halides is 3. The van der Waals surface area contributed by atoms with Crippen molar-refractivity contribution in [1.29, 1.82) is 0 Å². The van der Waals surface area contributed by atoms with Crippen LogP contribution in [-0.2, 0) is 28.7 Å². The Morgan fingerprint density at radius 2 is 1.70 bits per heavy atom. The number of carbonyl (C=O) groups is 2. The van der Waals surface area contributed by atoms with Gasteiger partial charge in [-0.2, -0.15) is 22.7 Å². The number of fused-ring (bicyclic) bond motifs is 1. The molecule has 2 aromatic carbocycles. The van der Waals surface area contributed by atoms with Crippen LogP contribution in [0.4, 0.5) is 29.3 Å². The van der Waals surface area contributed by atoms with E-state index in [1.165, 1.54) is 0 Å². The lowest BCUT2D eigenvalue weighted by atomic mass is 10.2. The fraction of sp³-hybridized carbons (Fsp3) is 0.441. The highest BCUT2D eigenvalue weighted by molar-refractivity contribution is 6.33. The molecule has 1 aliphatic carbocycles. The van der Waals surface area contributed by atoms with Crippen LogP contribution >= 0.6 is 11.6 Å². The van der Waals surface area contributed by atoms with Crippen LogP contribution in [0, 0.1) is 0 Å². The van der Waals surface area contributed by atoms with Gasteiger partial charge in [-0.05, 0) is 82.5 Å². The van der Waals surface area contributed by atoms with Gasteiger partial charge in [0.05, 0.1) is 28.1 Å². The van der Waals surface area contributed by atoms with Crippen molar-refractivity contribution in [1.82, 2.24) is 24.1 Å². The zero-order valence-corrected chi connectivity index (χ0v) is 28.8. The van der Waals surface area contributed by atoms with Crippen LogP contribution in [0.15, 0.2) is 47.3 Å². The summed E-state index contributed by atoms with van der Waals surface area (Å²) in [6, 6.07) is 9.85.